The van der Waals surface area contributed by atoms with Crippen molar-refractivity contribution in [2.24, 2.45) is 0 Å². The van der Waals surface area contributed by atoms with Crippen LogP contribution in [0.3, 0.4) is 0 Å². The lowest BCUT2D eigenvalue weighted by Crippen LogP contribution is -1.98. The van der Waals surface area contributed by atoms with Crippen LogP contribution in [-0.2, 0) is 6.42 Å². The normalized spacial score (nSPS) is 14.7. The molecule has 1 aliphatic heterocycles. The second-order valence-electron chi connectivity index (χ2n) is 4.15. The number of halogens is 1. The number of fused-ring (bicyclic) bond motifs is 1. The lowest BCUT2D eigenvalue weighted by molar-refractivity contribution is 0.890. The molecule has 0 saturated heterocycles. The van der Waals surface area contributed by atoms with E-state index in [0.29, 0.717) is 0 Å². The van der Waals surface area contributed by atoms with Crippen LogP contribution in [0.15, 0.2) is 26.9 Å². The quantitative estimate of drug-likeness (QED) is 0.738. The topological polar surface area (TPSA) is 12.9 Å². The first-order chi connectivity index (χ1) is 8.24. The predicted molar refractivity (Wildman–Crippen MR) is 79.0 cm³/mol. The standard InChI is InChI=1S/C13H12BrNS2/c1-8-12(14)17-13(15-8)10-4-5-11-9(7-10)3-2-6-16-11/h4-5,7H,2-3,6H2,1H3. The SMILES string of the molecule is Cc1nc(-c2ccc3c(c2)CCCS3)sc1Br. The van der Waals surface area contributed by atoms with Gasteiger partial charge >= 0.3 is 0 Å². The summed E-state index contributed by atoms with van der Waals surface area (Å²) in [6.45, 7) is 2.04. The van der Waals surface area contributed by atoms with Gasteiger partial charge in [0.05, 0.1) is 9.48 Å². The fraction of sp³-hybridized carbons (Fsp3) is 0.308. The Labute approximate surface area is 118 Å². The zero-order valence-electron chi connectivity index (χ0n) is 9.50. The molecule has 0 atom stereocenters. The molecule has 1 aromatic carbocycles. The molecule has 4 heteroatoms. The highest BCUT2D eigenvalue weighted by molar-refractivity contribution is 9.11. The maximum atomic E-state index is 4.59. The largest absolute Gasteiger partial charge is 0.240 e. The molecule has 2 aromatic rings. The van der Waals surface area contributed by atoms with Gasteiger partial charge in [0, 0.05) is 10.5 Å². The third-order valence-electron chi connectivity index (χ3n) is 2.90. The molecule has 1 aromatic heterocycles. The summed E-state index contributed by atoms with van der Waals surface area (Å²) in [7, 11) is 0. The smallest absolute Gasteiger partial charge is 0.124 e. The number of nitrogens with zero attached hydrogens (tertiary/aromatic N) is 1. The fourth-order valence-electron chi connectivity index (χ4n) is 1.99. The van der Waals surface area contributed by atoms with Crippen LogP contribution in [0, 0.1) is 6.92 Å². The van der Waals surface area contributed by atoms with E-state index in [1.54, 1.807) is 11.3 Å². The Morgan fingerprint density at radius 1 is 1.35 bits per heavy atom. The number of benzene rings is 1. The summed E-state index contributed by atoms with van der Waals surface area (Å²) in [4.78, 5) is 6.05. The van der Waals surface area contributed by atoms with Gasteiger partial charge in [0.2, 0.25) is 0 Å². The molecule has 1 aliphatic rings. The van der Waals surface area contributed by atoms with Crippen molar-refractivity contribution in [3.05, 3.63) is 33.2 Å². The van der Waals surface area contributed by atoms with Crippen molar-refractivity contribution in [2.75, 3.05) is 5.75 Å². The van der Waals surface area contributed by atoms with E-state index < -0.39 is 0 Å². The lowest BCUT2D eigenvalue weighted by atomic mass is 10.1. The van der Waals surface area contributed by atoms with E-state index in [1.165, 1.54) is 34.6 Å². The summed E-state index contributed by atoms with van der Waals surface area (Å²) in [6, 6.07) is 6.76. The highest BCUT2D eigenvalue weighted by atomic mass is 79.9. The summed E-state index contributed by atoms with van der Waals surface area (Å²) in [5.74, 6) is 1.26. The van der Waals surface area contributed by atoms with Gasteiger partial charge in [0.1, 0.15) is 5.01 Å². The molecule has 0 radical (unpaired) electrons. The fourth-order valence-corrected chi connectivity index (χ4v) is 4.35. The number of thioether (sulfide) groups is 1. The first-order valence-electron chi connectivity index (χ1n) is 5.63. The third kappa shape index (κ3) is 2.30. The molecular weight excluding hydrogens is 314 g/mol. The van der Waals surface area contributed by atoms with Crippen LogP contribution in [0.2, 0.25) is 0 Å². The summed E-state index contributed by atoms with van der Waals surface area (Å²) < 4.78 is 1.14. The molecule has 17 heavy (non-hydrogen) atoms. The second kappa shape index (κ2) is 4.75. The Kier molecular flexibility index (Phi) is 3.28. The molecule has 0 amide bonds. The Morgan fingerprint density at radius 2 is 2.24 bits per heavy atom. The Bertz CT molecular complexity index is 543. The summed E-state index contributed by atoms with van der Waals surface area (Å²) in [6.07, 6.45) is 2.50. The molecule has 88 valence electrons. The van der Waals surface area contributed by atoms with E-state index in [-0.39, 0.29) is 0 Å². The lowest BCUT2D eigenvalue weighted by Gasteiger charge is -2.15. The van der Waals surface area contributed by atoms with Gasteiger partial charge in [-0.05, 0) is 59.1 Å². The van der Waals surface area contributed by atoms with Crippen LogP contribution >= 0.6 is 39.0 Å². The molecular formula is C13H12BrNS2. The Morgan fingerprint density at radius 3 is 3.00 bits per heavy atom. The molecule has 0 aliphatic carbocycles. The summed E-state index contributed by atoms with van der Waals surface area (Å²) in [5, 5.41) is 1.12. The molecule has 2 heterocycles. The summed E-state index contributed by atoms with van der Waals surface area (Å²) >= 11 is 7.23. The van der Waals surface area contributed by atoms with Crippen molar-refractivity contribution in [1.29, 1.82) is 0 Å². The third-order valence-corrected chi connectivity index (χ3v) is 6.15. The molecule has 0 spiro atoms. The van der Waals surface area contributed by atoms with Gasteiger partial charge in [-0.1, -0.05) is 6.07 Å². The minimum absolute atomic E-state index is 1.08. The van der Waals surface area contributed by atoms with Crippen LogP contribution in [0.25, 0.3) is 10.6 Å². The second-order valence-corrected chi connectivity index (χ2v) is 7.61. The highest BCUT2D eigenvalue weighted by Crippen LogP contribution is 2.36. The molecule has 0 N–H and O–H groups in total. The predicted octanol–water partition coefficient (Wildman–Crippen LogP) is 4.92. The summed E-state index contributed by atoms with van der Waals surface area (Å²) in [5.41, 5.74) is 3.82. The van der Waals surface area contributed by atoms with Gasteiger partial charge in [-0.15, -0.1) is 23.1 Å². The number of hydrogen-bond donors (Lipinski definition) is 0. The monoisotopic (exact) mass is 325 g/mol. The van der Waals surface area contributed by atoms with Crippen molar-refractivity contribution >= 4 is 39.0 Å². The van der Waals surface area contributed by atoms with Crippen LogP contribution in [0.5, 0.6) is 0 Å². The van der Waals surface area contributed by atoms with E-state index in [0.717, 1.165) is 14.5 Å². The average molecular weight is 326 g/mol. The molecule has 0 saturated carbocycles. The van der Waals surface area contributed by atoms with Gasteiger partial charge in [-0.2, -0.15) is 0 Å². The number of rotatable bonds is 1. The zero-order valence-corrected chi connectivity index (χ0v) is 12.7. The molecule has 0 fully saturated rings. The van der Waals surface area contributed by atoms with Crippen LogP contribution < -0.4 is 0 Å². The molecule has 0 bridgehead atoms. The molecule has 3 rings (SSSR count). The minimum atomic E-state index is 1.08. The van der Waals surface area contributed by atoms with Crippen molar-refractivity contribution < 1.29 is 0 Å². The number of hydrogen-bond acceptors (Lipinski definition) is 3. The average Bonchev–Trinajstić information content (AvgIpc) is 2.69. The first kappa shape index (κ1) is 11.8. The van der Waals surface area contributed by atoms with Gasteiger partial charge in [-0.3, -0.25) is 0 Å². The van der Waals surface area contributed by atoms with Crippen molar-refractivity contribution in [1.82, 2.24) is 4.98 Å². The van der Waals surface area contributed by atoms with Crippen molar-refractivity contribution in [2.45, 2.75) is 24.7 Å². The number of aryl methyl sites for hydroxylation is 2. The Hall–Kier alpha value is -0.320. The van der Waals surface area contributed by atoms with E-state index in [9.17, 15) is 0 Å². The van der Waals surface area contributed by atoms with Gasteiger partial charge in [0.25, 0.3) is 0 Å². The van der Waals surface area contributed by atoms with Gasteiger partial charge in [0.15, 0.2) is 0 Å². The first-order valence-corrected chi connectivity index (χ1v) is 8.22. The van der Waals surface area contributed by atoms with E-state index >= 15 is 0 Å². The van der Waals surface area contributed by atoms with Crippen molar-refractivity contribution in [3.8, 4) is 10.6 Å². The van der Waals surface area contributed by atoms with Crippen LogP contribution in [0.4, 0.5) is 0 Å². The number of thiazole rings is 1. The van der Waals surface area contributed by atoms with Crippen LogP contribution in [0.1, 0.15) is 17.7 Å². The zero-order chi connectivity index (χ0) is 11.8. The molecule has 0 unspecified atom stereocenters. The highest BCUT2D eigenvalue weighted by Gasteiger charge is 2.13. The van der Waals surface area contributed by atoms with E-state index in [1.807, 2.05) is 18.7 Å². The van der Waals surface area contributed by atoms with Crippen molar-refractivity contribution in [3.63, 3.8) is 0 Å². The molecule has 1 nitrogen and oxygen atoms in total. The van der Waals surface area contributed by atoms with Crippen LogP contribution in [-0.4, -0.2) is 10.7 Å². The number of aromatic nitrogens is 1. The Balaban J connectivity index is 2.03. The van der Waals surface area contributed by atoms with E-state index in [4.69, 9.17) is 0 Å². The van der Waals surface area contributed by atoms with Gasteiger partial charge in [-0.25, -0.2) is 4.98 Å². The maximum Gasteiger partial charge on any atom is 0.124 e. The maximum absolute atomic E-state index is 4.59. The minimum Gasteiger partial charge on any atom is -0.240 e. The van der Waals surface area contributed by atoms with E-state index in [2.05, 4.69) is 39.1 Å². The van der Waals surface area contributed by atoms with Gasteiger partial charge < -0.3 is 0 Å².